The largest absolute Gasteiger partial charge is 0.326 e. The fraction of sp³-hybridized carbons (Fsp3) is 0.462. The summed E-state index contributed by atoms with van der Waals surface area (Å²) in [7, 11) is 0. The van der Waals surface area contributed by atoms with E-state index in [1.807, 2.05) is 13.8 Å². The highest BCUT2D eigenvalue weighted by Crippen LogP contribution is 2.10. The van der Waals surface area contributed by atoms with Crippen LogP contribution in [0.1, 0.15) is 32.3 Å². The van der Waals surface area contributed by atoms with E-state index in [2.05, 4.69) is 0 Å². The van der Waals surface area contributed by atoms with Crippen LogP contribution in [-0.2, 0) is 11.2 Å². The fourth-order valence-corrected chi connectivity index (χ4v) is 1.38. The van der Waals surface area contributed by atoms with Gasteiger partial charge in [0, 0.05) is 18.4 Å². The summed E-state index contributed by atoms with van der Waals surface area (Å²) in [5, 5.41) is 0. The Labute approximate surface area is 95.7 Å². The van der Waals surface area contributed by atoms with Gasteiger partial charge < -0.3 is 5.73 Å². The third-order valence-corrected chi connectivity index (χ3v) is 2.36. The van der Waals surface area contributed by atoms with Gasteiger partial charge in [-0.1, -0.05) is 12.1 Å². The Kier molecular flexibility index (Phi) is 4.19. The highest BCUT2D eigenvalue weighted by Gasteiger charge is 2.13. The lowest BCUT2D eigenvalue weighted by Crippen LogP contribution is -2.32. The molecule has 3 heteroatoms. The lowest BCUT2D eigenvalue weighted by Gasteiger charge is -2.17. The smallest absolute Gasteiger partial charge is 0.137 e. The van der Waals surface area contributed by atoms with Crippen molar-refractivity contribution in [2.75, 3.05) is 0 Å². The second kappa shape index (κ2) is 5.21. The predicted octanol–water partition coefficient (Wildman–Crippen LogP) is 2.45. The minimum absolute atomic E-state index is 0.144. The average Bonchev–Trinajstić information content (AvgIpc) is 2.18. The third-order valence-electron chi connectivity index (χ3n) is 2.36. The van der Waals surface area contributed by atoms with E-state index in [4.69, 9.17) is 5.73 Å². The van der Waals surface area contributed by atoms with Crippen LogP contribution in [0.2, 0.25) is 0 Å². The summed E-state index contributed by atoms with van der Waals surface area (Å²) in [4.78, 5) is 11.6. The van der Waals surface area contributed by atoms with Gasteiger partial charge in [0.2, 0.25) is 0 Å². The van der Waals surface area contributed by atoms with Crippen LogP contribution >= 0.6 is 0 Å². The molecule has 2 nitrogen and oxygen atoms in total. The summed E-state index contributed by atoms with van der Waals surface area (Å²) in [5.74, 6) is -0.135. The van der Waals surface area contributed by atoms with E-state index in [1.165, 1.54) is 12.1 Å². The normalized spacial score (nSPS) is 11.5. The molecular formula is C13H18FNO. The number of hydrogen-bond acceptors (Lipinski definition) is 2. The van der Waals surface area contributed by atoms with Crippen molar-refractivity contribution < 1.29 is 9.18 Å². The molecule has 1 aromatic carbocycles. The topological polar surface area (TPSA) is 43.1 Å². The molecule has 0 aliphatic rings. The van der Waals surface area contributed by atoms with Crippen molar-refractivity contribution >= 4 is 5.78 Å². The maximum absolute atomic E-state index is 12.6. The van der Waals surface area contributed by atoms with E-state index < -0.39 is 0 Å². The molecule has 0 saturated heterocycles. The van der Waals surface area contributed by atoms with Crippen LogP contribution in [0, 0.1) is 5.82 Å². The van der Waals surface area contributed by atoms with Crippen LogP contribution in [0.4, 0.5) is 4.39 Å². The first-order valence-electron chi connectivity index (χ1n) is 5.42. The van der Waals surface area contributed by atoms with Crippen molar-refractivity contribution in [1.82, 2.24) is 0 Å². The minimum atomic E-state index is -0.307. The van der Waals surface area contributed by atoms with Crippen LogP contribution in [0.3, 0.4) is 0 Å². The van der Waals surface area contributed by atoms with E-state index in [9.17, 15) is 9.18 Å². The van der Waals surface area contributed by atoms with Gasteiger partial charge in [0.25, 0.3) is 0 Å². The maximum Gasteiger partial charge on any atom is 0.137 e. The van der Waals surface area contributed by atoms with Crippen molar-refractivity contribution in [3.63, 3.8) is 0 Å². The Morgan fingerprint density at radius 3 is 2.38 bits per heavy atom. The van der Waals surface area contributed by atoms with Crippen molar-refractivity contribution in [3.05, 3.63) is 35.6 Å². The molecule has 0 amide bonds. The Bertz CT molecular complexity index is 351. The van der Waals surface area contributed by atoms with Crippen LogP contribution in [0.25, 0.3) is 0 Å². The fourth-order valence-electron chi connectivity index (χ4n) is 1.38. The number of carbonyl (C=O) groups is 1. The van der Waals surface area contributed by atoms with Gasteiger partial charge in [-0.15, -0.1) is 0 Å². The number of benzene rings is 1. The zero-order valence-corrected chi connectivity index (χ0v) is 9.79. The third kappa shape index (κ3) is 5.03. The van der Waals surface area contributed by atoms with Gasteiger partial charge >= 0.3 is 0 Å². The van der Waals surface area contributed by atoms with Crippen LogP contribution in [-0.4, -0.2) is 11.3 Å². The van der Waals surface area contributed by atoms with E-state index in [1.54, 1.807) is 12.1 Å². The molecule has 16 heavy (non-hydrogen) atoms. The van der Waals surface area contributed by atoms with Gasteiger partial charge in [-0.2, -0.15) is 0 Å². The highest BCUT2D eigenvalue weighted by molar-refractivity contribution is 5.80. The second-order valence-corrected chi connectivity index (χ2v) is 4.83. The number of rotatable bonds is 5. The summed E-state index contributed by atoms with van der Waals surface area (Å²) in [6.45, 7) is 3.80. The summed E-state index contributed by atoms with van der Waals surface area (Å²) in [6.07, 6.45) is 1.50. The molecule has 0 heterocycles. The molecule has 0 spiro atoms. The molecular weight excluding hydrogens is 205 g/mol. The number of hydrogen-bond donors (Lipinski definition) is 1. The first kappa shape index (κ1) is 12.8. The quantitative estimate of drug-likeness (QED) is 0.833. The van der Waals surface area contributed by atoms with Crippen molar-refractivity contribution in [3.8, 4) is 0 Å². The summed E-state index contributed by atoms with van der Waals surface area (Å²) in [5.41, 5.74) is 6.34. The summed E-state index contributed by atoms with van der Waals surface area (Å²) >= 11 is 0. The number of halogens is 1. The monoisotopic (exact) mass is 223 g/mol. The Balaban J connectivity index is 2.43. The Morgan fingerprint density at radius 1 is 1.31 bits per heavy atom. The molecule has 2 N–H and O–H groups in total. The molecule has 0 radical (unpaired) electrons. The van der Waals surface area contributed by atoms with Gasteiger partial charge in [-0.3, -0.25) is 4.79 Å². The summed E-state index contributed by atoms with van der Waals surface area (Å²) < 4.78 is 12.6. The zero-order valence-electron chi connectivity index (χ0n) is 9.79. The van der Waals surface area contributed by atoms with Gasteiger partial charge in [-0.05, 0) is 38.0 Å². The Morgan fingerprint density at radius 2 is 1.88 bits per heavy atom. The number of Topliss-reactive ketones (excluding diaryl/α,β-unsaturated/α-hetero) is 1. The lowest BCUT2D eigenvalue weighted by atomic mass is 9.96. The second-order valence-electron chi connectivity index (χ2n) is 4.83. The van der Waals surface area contributed by atoms with Gasteiger partial charge in [0.05, 0.1) is 0 Å². The lowest BCUT2D eigenvalue weighted by molar-refractivity contribution is -0.118. The molecule has 1 rings (SSSR count). The highest BCUT2D eigenvalue weighted by atomic mass is 19.1. The van der Waals surface area contributed by atoms with Crippen molar-refractivity contribution in [2.45, 2.75) is 38.6 Å². The molecule has 0 aliphatic carbocycles. The van der Waals surface area contributed by atoms with Gasteiger partial charge in [-0.25, -0.2) is 4.39 Å². The van der Waals surface area contributed by atoms with E-state index in [-0.39, 0.29) is 17.1 Å². The Hall–Kier alpha value is -1.22. The summed E-state index contributed by atoms with van der Waals surface area (Å²) in [6, 6.07) is 6.02. The average molecular weight is 223 g/mol. The number of carbonyl (C=O) groups excluding carboxylic acids is 1. The standard InChI is InChI=1S/C13H18FNO/c1-13(2,15)8-7-12(16)9-10-3-5-11(14)6-4-10/h3-6H,7-9,15H2,1-2H3. The van der Waals surface area contributed by atoms with Gasteiger partial charge in [0.1, 0.15) is 11.6 Å². The van der Waals surface area contributed by atoms with Gasteiger partial charge in [0.15, 0.2) is 0 Å². The van der Waals surface area contributed by atoms with E-state index in [0.29, 0.717) is 19.3 Å². The van der Waals surface area contributed by atoms with Crippen LogP contribution < -0.4 is 5.73 Å². The molecule has 0 atom stereocenters. The van der Waals surface area contributed by atoms with Crippen molar-refractivity contribution in [1.29, 1.82) is 0 Å². The molecule has 88 valence electrons. The predicted molar refractivity (Wildman–Crippen MR) is 62.6 cm³/mol. The first-order chi connectivity index (χ1) is 7.37. The molecule has 0 fully saturated rings. The number of nitrogens with two attached hydrogens (primary N) is 1. The minimum Gasteiger partial charge on any atom is -0.326 e. The molecule has 0 bridgehead atoms. The molecule has 0 aromatic heterocycles. The van der Waals surface area contributed by atoms with Crippen molar-refractivity contribution in [2.24, 2.45) is 5.73 Å². The first-order valence-corrected chi connectivity index (χ1v) is 5.42. The molecule has 0 aliphatic heterocycles. The van der Waals surface area contributed by atoms with Crippen LogP contribution in [0.15, 0.2) is 24.3 Å². The molecule has 0 unspecified atom stereocenters. The van der Waals surface area contributed by atoms with E-state index >= 15 is 0 Å². The number of ketones is 1. The van der Waals surface area contributed by atoms with E-state index in [0.717, 1.165) is 5.56 Å². The zero-order chi connectivity index (χ0) is 12.2. The molecule has 0 saturated carbocycles. The van der Waals surface area contributed by atoms with Crippen LogP contribution in [0.5, 0.6) is 0 Å². The SMILES string of the molecule is CC(C)(N)CCC(=O)Cc1ccc(F)cc1. The maximum atomic E-state index is 12.6. The molecule has 1 aromatic rings.